The number of ether oxygens (including phenoxy) is 1. The molecule has 0 atom stereocenters. The largest absolute Gasteiger partial charge is 0.474 e. The molecule has 2 aromatic rings. The van der Waals surface area contributed by atoms with Gasteiger partial charge in [0, 0.05) is 30.4 Å². The van der Waals surface area contributed by atoms with Gasteiger partial charge in [0.1, 0.15) is 12.4 Å². The van der Waals surface area contributed by atoms with E-state index in [-0.39, 0.29) is 11.0 Å². The number of hydrogen-bond donors (Lipinski definition) is 0. The zero-order valence-corrected chi connectivity index (χ0v) is 13.9. The molecular weight excluding hydrogens is 338 g/mol. The van der Waals surface area contributed by atoms with Crippen LogP contribution >= 0.6 is 11.6 Å². The van der Waals surface area contributed by atoms with Crippen LogP contribution in [0.5, 0.6) is 5.88 Å². The quantitative estimate of drug-likeness (QED) is 0.843. The number of piperidine rings is 1. The van der Waals surface area contributed by atoms with E-state index in [1.54, 1.807) is 24.4 Å². The lowest BCUT2D eigenvalue weighted by molar-refractivity contribution is 0.129. The van der Waals surface area contributed by atoms with Crippen molar-refractivity contribution in [3.05, 3.63) is 47.9 Å². The molecule has 0 unspecified atom stereocenters. The molecule has 1 aromatic heterocycles. The van der Waals surface area contributed by atoms with Crippen molar-refractivity contribution in [2.24, 2.45) is 0 Å². The molecule has 0 aliphatic carbocycles. The van der Waals surface area contributed by atoms with Crippen LogP contribution in [0.25, 0.3) is 0 Å². The summed E-state index contributed by atoms with van der Waals surface area (Å²) in [5, 5.41) is 0.515. The van der Waals surface area contributed by atoms with Crippen LogP contribution in [0.1, 0.15) is 12.8 Å². The maximum absolute atomic E-state index is 12.6. The minimum atomic E-state index is -3.48. The summed E-state index contributed by atoms with van der Waals surface area (Å²) in [6.45, 7) is 0.835. The van der Waals surface area contributed by atoms with Gasteiger partial charge in [0.05, 0.1) is 4.90 Å². The van der Waals surface area contributed by atoms with E-state index >= 15 is 0 Å². The summed E-state index contributed by atoms with van der Waals surface area (Å²) in [6.07, 6.45) is 4.24. The monoisotopic (exact) mass is 353 g/mol. The van der Waals surface area contributed by atoms with Gasteiger partial charge in [-0.15, -0.1) is 0 Å². The van der Waals surface area contributed by atoms with Crippen molar-refractivity contribution in [2.75, 3.05) is 13.1 Å². The SMILES string of the molecule is O=S(=O)(c1ccc(Cl)cc1)N1CCC(Oc2ccncn2)CC1. The first-order valence-corrected chi connectivity index (χ1v) is 9.06. The molecule has 0 saturated carbocycles. The summed E-state index contributed by atoms with van der Waals surface area (Å²) in [6, 6.07) is 7.91. The highest BCUT2D eigenvalue weighted by molar-refractivity contribution is 7.89. The molecule has 1 aliphatic rings. The van der Waals surface area contributed by atoms with Gasteiger partial charge in [-0.05, 0) is 37.1 Å². The molecule has 0 spiro atoms. The average Bonchev–Trinajstić information content (AvgIpc) is 2.57. The molecule has 0 N–H and O–H groups in total. The maximum atomic E-state index is 12.6. The van der Waals surface area contributed by atoms with Crippen molar-refractivity contribution in [3.63, 3.8) is 0 Å². The van der Waals surface area contributed by atoms with Gasteiger partial charge in [-0.3, -0.25) is 0 Å². The molecule has 2 heterocycles. The molecular formula is C15H16ClN3O3S. The molecule has 1 aliphatic heterocycles. The predicted octanol–water partition coefficient (Wildman–Crippen LogP) is 2.36. The van der Waals surface area contributed by atoms with Gasteiger partial charge in [0.2, 0.25) is 15.9 Å². The van der Waals surface area contributed by atoms with E-state index in [2.05, 4.69) is 9.97 Å². The molecule has 1 aromatic carbocycles. The van der Waals surface area contributed by atoms with Crippen molar-refractivity contribution < 1.29 is 13.2 Å². The molecule has 0 bridgehead atoms. The first-order chi connectivity index (χ1) is 11.1. The number of nitrogens with zero attached hydrogens (tertiary/aromatic N) is 3. The van der Waals surface area contributed by atoms with E-state index < -0.39 is 10.0 Å². The molecule has 0 amide bonds. The van der Waals surface area contributed by atoms with Crippen molar-refractivity contribution in [1.82, 2.24) is 14.3 Å². The third-order valence-electron chi connectivity index (χ3n) is 3.69. The van der Waals surface area contributed by atoms with Crippen LogP contribution in [0, 0.1) is 0 Å². The maximum Gasteiger partial charge on any atom is 0.243 e. The highest BCUT2D eigenvalue weighted by Crippen LogP contribution is 2.23. The third-order valence-corrected chi connectivity index (χ3v) is 5.86. The number of rotatable bonds is 4. The summed E-state index contributed by atoms with van der Waals surface area (Å²) in [5.74, 6) is 0.513. The number of hydrogen-bond acceptors (Lipinski definition) is 5. The van der Waals surface area contributed by atoms with E-state index in [9.17, 15) is 8.42 Å². The Morgan fingerprint density at radius 2 is 1.83 bits per heavy atom. The molecule has 8 heteroatoms. The fourth-order valence-electron chi connectivity index (χ4n) is 2.46. The Kier molecular flexibility index (Phi) is 4.79. The van der Waals surface area contributed by atoms with E-state index in [0.29, 0.717) is 36.8 Å². The number of sulfonamides is 1. The van der Waals surface area contributed by atoms with Crippen LogP contribution in [0.4, 0.5) is 0 Å². The smallest absolute Gasteiger partial charge is 0.243 e. The molecule has 1 fully saturated rings. The molecule has 6 nitrogen and oxygen atoms in total. The Bertz CT molecular complexity index is 745. The number of halogens is 1. The van der Waals surface area contributed by atoms with Crippen molar-refractivity contribution >= 4 is 21.6 Å². The summed E-state index contributed by atoms with van der Waals surface area (Å²) in [7, 11) is -3.48. The number of aromatic nitrogens is 2. The lowest BCUT2D eigenvalue weighted by Crippen LogP contribution is -2.41. The minimum Gasteiger partial charge on any atom is -0.474 e. The zero-order valence-electron chi connectivity index (χ0n) is 12.3. The van der Waals surface area contributed by atoms with E-state index in [1.807, 2.05) is 0 Å². The average molecular weight is 354 g/mol. The van der Waals surface area contributed by atoms with Crippen LogP contribution < -0.4 is 4.74 Å². The second kappa shape index (κ2) is 6.82. The fourth-order valence-corrected chi connectivity index (χ4v) is 4.06. The fraction of sp³-hybridized carbons (Fsp3) is 0.333. The first kappa shape index (κ1) is 16.2. The molecule has 122 valence electrons. The summed E-state index contributed by atoms with van der Waals surface area (Å²) in [4.78, 5) is 8.11. The van der Waals surface area contributed by atoms with Gasteiger partial charge in [-0.25, -0.2) is 18.4 Å². The van der Waals surface area contributed by atoms with Gasteiger partial charge in [0.25, 0.3) is 0 Å². The highest BCUT2D eigenvalue weighted by atomic mass is 35.5. The van der Waals surface area contributed by atoms with E-state index in [1.165, 1.54) is 22.8 Å². The van der Waals surface area contributed by atoms with Crippen LogP contribution in [0.2, 0.25) is 5.02 Å². The third kappa shape index (κ3) is 3.80. The minimum absolute atomic E-state index is 0.0402. The normalized spacial score (nSPS) is 17.1. The van der Waals surface area contributed by atoms with Crippen LogP contribution in [-0.4, -0.2) is 41.9 Å². The van der Waals surface area contributed by atoms with Gasteiger partial charge >= 0.3 is 0 Å². The van der Waals surface area contributed by atoms with Gasteiger partial charge in [-0.1, -0.05) is 11.6 Å². The van der Waals surface area contributed by atoms with Crippen LogP contribution in [-0.2, 0) is 10.0 Å². The predicted molar refractivity (Wildman–Crippen MR) is 85.9 cm³/mol. The molecule has 0 radical (unpaired) electrons. The summed E-state index contributed by atoms with van der Waals surface area (Å²) >= 11 is 5.81. The van der Waals surface area contributed by atoms with Crippen molar-refractivity contribution in [2.45, 2.75) is 23.8 Å². The first-order valence-electron chi connectivity index (χ1n) is 7.24. The number of benzene rings is 1. The van der Waals surface area contributed by atoms with Gasteiger partial charge in [-0.2, -0.15) is 4.31 Å². The van der Waals surface area contributed by atoms with E-state index in [0.717, 1.165) is 0 Å². The lowest BCUT2D eigenvalue weighted by Gasteiger charge is -2.31. The standard InChI is InChI=1S/C15H16ClN3O3S/c16-12-1-3-14(4-2-12)23(20,21)19-9-6-13(7-10-19)22-15-5-8-17-11-18-15/h1-5,8,11,13H,6-7,9-10H2. The summed E-state index contributed by atoms with van der Waals surface area (Å²) < 4.78 is 32.4. The second-order valence-electron chi connectivity index (χ2n) is 5.22. The van der Waals surface area contributed by atoms with E-state index in [4.69, 9.17) is 16.3 Å². The second-order valence-corrected chi connectivity index (χ2v) is 7.60. The van der Waals surface area contributed by atoms with Crippen LogP contribution in [0.3, 0.4) is 0 Å². The Morgan fingerprint density at radius 1 is 1.13 bits per heavy atom. The van der Waals surface area contributed by atoms with Crippen molar-refractivity contribution in [1.29, 1.82) is 0 Å². The van der Waals surface area contributed by atoms with Gasteiger partial charge < -0.3 is 4.74 Å². The van der Waals surface area contributed by atoms with Crippen LogP contribution in [0.15, 0.2) is 47.8 Å². The molecule has 23 heavy (non-hydrogen) atoms. The van der Waals surface area contributed by atoms with Crippen molar-refractivity contribution in [3.8, 4) is 5.88 Å². The summed E-state index contributed by atoms with van der Waals surface area (Å²) in [5.41, 5.74) is 0. The highest BCUT2D eigenvalue weighted by Gasteiger charge is 2.30. The topological polar surface area (TPSA) is 72.4 Å². The van der Waals surface area contributed by atoms with Gasteiger partial charge in [0.15, 0.2) is 0 Å². The Balaban J connectivity index is 1.63. The zero-order chi connectivity index (χ0) is 16.3. The Morgan fingerprint density at radius 3 is 2.43 bits per heavy atom. The Hall–Kier alpha value is -1.70. The molecule has 3 rings (SSSR count). The Labute approximate surface area is 140 Å². The molecule has 1 saturated heterocycles. The lowest BCUT2D eigenvalue weighted by atomic mass is 10.1.